The Hall–Kier alpha value is -1.53. The molecule has 5 nitrogen and oxygen atoms in total. The molecule has 19 heavy (non-hydrogen) atoms. The third-order valence-electron chi connectivity index (χ3n) is 2.67. The van der Waals surface area contributed by atoms with Crippen molar-refractivity contribution in [3.05, 3.63) is 33.7 Å². The molecule has 0 aromatic carbocycles. The van der Waals surface area contributed by atoms with Gasteiger partial charge >= 0.3 is 0 Å². The second-order valence-electron chi connectivity index (χ2n) is 4.30. The summed E-state index contributed by atoms with van der Waals surface area (Å²) < 4.78 is 0. The summed E-state index contributed by atoms with van der Waals surface area (Å²) in [6.07, 6.45) is 4.85. The lowest BCUT2D eigenvalue weighted by Gasteiger charge is -1.99. The molecule has 2 rings (SSSR count). The molecule has 0 aliphatic rings. The summed E-state index contributed by atoms with van der Waals surface area (Å²) in [6, 6.07) is 3.27. The number of hydrogen-bond donors (Lipinski definition) is 2. The molecule has 0 atom stereocenters. The van der Waals surface area contributed by atoms with Crippen LogP contribution in [0.3, 0.4) is 0 Å². The summed E-state index contributed by atoms with van der Waals surface area (Å²) in [6.45, 7) is 4.24. The molecule has 6 heteroatoms. The largest absolute Gasteiger partial charge is 0.328 e. The van der Waals surface area contributed by atoms with Crippen LogP contribution in [0.4, 0.5) is 0 Å². The Morgan fingerprint density at radius 3 is 2.95 bits per heavy atom. The van der Waals surface area contributed by atoms with E-state index in [1.54, 1.807) is 23.6 Å². The predicted molar refractivity (Wildman–Crippen MR) is 77.4 cm³/mol. The fourth-order valence-corrected chi connectivity index (χ4v) is 2.56. The number of pyridine rings is 1. The van der Waals surface area contributed by atoms with Crippen LogP contribution >= 0.6 is 11.3 Å². The quantitative estimate of drug-likeness (QED) is 0.758. The number of aromatic nitrogens is 3. The van der Waals surface area contributed by atoms with Crippen LogP contribution in [0.25, 0.3) is 10.6 Å². The van der Waals surface area contributed by atoms with E-state index in [1.807, 2.05) is 0 Å². The molecule has 0 unspecified atom stereocenters. The van der Waals surface area contributed by atoms with Crippen molar-refractivity contribution >= 4 is 11.3 Å². The number of hydrogen-bond acceptors (Lipinski definition) is 5. The predicted octanol–water partition coefficient (Wildman–Crippen LogP) is 1.83. The first-order valence-electron chi connectivity index (χ1n) is 6.52. The number of nitrogens with zero attached hydrogens (tertiary/aromatic N) is 2. The number of aromatic amines is 1. The van der Waals surface area contributed by atoms with E-state index in [0.29, 0.717) is 0 Å². The van der Waals surface area contributed by atoms with Crippen molar-refractivity contribution in [1.82, 2.24) is 20.5 Å². The van der Waals surface area contributed by atoms with E-state index in [2.05, 4.69) is 27.4 Å². The monoisotopic (exact) mass is 278 g/mol. The zero-order valence-corrected chi connectivity index (χ0v) is 11.8. The lowest BCUT2D eigenvalue weighted by Crippen LogP contribution is -2.16. The first-order chi connectivity index (χ1) is 9.29. The van der Waals surface area contributed by atoms with Crippen LogP contribution in [0.2, 0.25) is 0 Å². The van der Waals surface area contributed by atoms with E-state index in [0.717, 1.165) is 47.9 Å². The van der Waals surface area contributed by atoms with Gasteiger partial charge in [0.1, 0.15) is 10.0 Å². The molecule has 0 saturated carbocycles. The molecular weight excluding hydrogens is 260 g/mol. The van der Waals surface area contributed by atoms with Gasteiger partial charge in [-0.2, -0.15) is 0 Å². The molecule has 0 spiro atoms. The number of nitrogens with one attached hydrogen (secondary N) is 2. The van der Waals surface area contributed by atoms with Crippen molar-refractivity contribution in [3.63, 3.8) is 0 Å². The molecule has 2 aromatic heterocycles. The molecule has 0 aliphatic carbocycles. The minimum Gasteiger partial charge on any atom is -0.328 e. The summed E-state index contributed by atoms with van der Waals surface area (Å²) in [7, 11) is 0. The molecule has 2 N–H and O–H groups in total. The Balaban J connectivity index is 1.88. The Labute approximate surface area is 116 Å². The summed E-state index contributed by atoms with van der Waals surface area (Å²) in [5, 5.41) is 13.6. The number of rotatable bonds is 7. The third kappa shape index (κ3) is 4.25. The van der Waals surface area contributed by atoms with Crippen molar-refractivity contribution in [1.29, 1.82) is 0 Å². The van der Waals surface area contributed by atoms with E-state index in [1.165, 1.54) is 6.07 Å². The zero-order chi connectivity index (χ0) is 13.5. The SMILES string of the molecule is CCCNCCCc1nnc(-c2ccc(=O)[nH]c2)s1. The van der Waals surface area contributed by atoms with E-state index < -0.39 is 0 Å². The second-order valence-corrected chi connectivity index (χ2v) is 5.36. The van der Waals surface area contributed by atoms with E-state index in [4.69, 9.17) is 0 Å². The second kappa shape index (κ2) is 7.16. The highest BCUT2D eigenvalue weighted by Gasteiger charge is 2.06. The van der Waals surface area contributed by atoms with Gasteiger partial charge in [-0.25, -0.2) is 0 Å². The highest BCUT2D eigenvalue weighted by molar-refractivity contribution is 7.14. The van der Waals surface area contributed by atoms with Crippen LogP contribution in [0.5, 0.6) is 0 Å². The highest BCUT2D eigenvalue weighted by Crippen LogP contribution is 2.22. The number of aryl methyl sites for hydroxylation is 1. The standard InChI is InChI=1S/C13H18N4OS/c1-2-7-14-8-3-4-12-16-17-13(19-12)10-5-6-11(18)15-9-10/h5-6,9,14H,2-4,7-8H2,1H3,(H,15,18). The topological polar surface area (TPSA) is 70.7 Å². The van der Waals surface area contributed by atoms with Gasteiger partial charge in [0.25, 0.3) is 0 Å². The van der Waals surface area contributed by atoms with Gasteiger partial charge in [0.15, 0.2) is 0 Å². The van der Waals surface area contributed by atoms with Gasteiger partial charge in [-0.1, -0.05) is 18.3 Å². The average Bonchev–Trinajstić information content (AvgIpc) is 2.88. The van der Waals surface area contributed by atoms with Crippen LogP contribution in [0, 0.1) is 0 Å². The average molecular weight is 278 g/mol. The van der Waals surface area contributed by atoms with Crippen molar-refractivity contribution in [2.24, 2.45) is 0 Å². The lowest BCUT2D eigenvalue weighted by atomic mass is 10.3. The first kappa shape index (κ1) is 13.9. The van der Waals surface area contributed by atoms with Crippen LogP contribution in [0.1, 0.15) is 24.8 Å². The maximum absolute atomic E-state index is 11.0. The first-order valence-corrected chi connectivity index (χ1v) is 7.33. The Morgan fingerprint density at radius 1 is 1.32 bits per heavy atom. The number of H-pyrrole nitrogens is 1. The van der Waals surface area contributed by atoms with Crippen LogP contribution in [0.15, 0.2) is 23.1 Å². The van der Waals surface area contributed by atoms with Gasteiger partial charge in [0.2, 0.25) is 5.56 Å². The summed E-state index contributed by atoms with van der Waals surface area (Å²) >= 11 is 1.58. The van der Waals surface area contributed by atoms with E-state index in [9.17, 15) is 4.79 Å². The van der Waals surface area contributed by atoms with Crippen molar-refractivity contribution in [3.8, 4) is 10.6 Å². The molecule has 102 valence electrons. The smallest absolute Gasteiger partial charge is 0.247 e. The minimum absolute atomic E-state index is 0.101. The van der Waals surface area contributed by atoms with E-state index >= 15 is 0 Å². The molecule has 0 fully saturated rings. The fraction of sp³-hybridized carbons (Fsp3) is 0.462. The van der Waals surface area contributed by atoms with Gasteiger partial charge < -0.3 is 10.3 Å². The van der Waals surface area contributed by atoms with Gasteiger partial charge in [-0.05, 0) is 32.0 Å². The van der Waals surface area contributed by atoms with Gasteiger partial charge in [0, 0.05) is 24.2 Å². The summed E-state index contributed by atoms with van der Waals surface area (Å²) in [4.78, 5) is 13.6. The molecule has 0 radical (unpaired) electrons. The van der Waals surface area contributed by atoms with Crippen molar-refractivity contribution in [2.75, 3.05) is 13.1 Å². The normalized spacial score (nSPS) is 10.8. The molecule has 0 aliphatic heterocycles. The molecule has 0 bridgehead atoms. The molecule has 0 saturated heterocycles. The minimum atomic E-state index is -0.101. The van der Waals surface area contributed by atoms with Gasteiger partial charge in [0.05, 0.1) is 0 Å². The molecule has 2 aromatic rings. The molecule has 0 amide bonds. The summed E-state index contributed by atoms with van der Waals surface area (Å²) in [5.74, 6) is 0. The highest BCUT2D eigenvalue weighted by atomic mass is 32.1. The fourth-order valence-electron chi connectivity index (χ4n) is 1.68. The lowest BCUT2D eigenvalue weighted by molar-refractivity contribution is 0.637. The van der Waals surface area contributed by atoms with Crippen LogP contribution in [-0.2, 0) is 6.42 Å². The Kier molecular flexibility index (Phi) is 5.23. The van der Waals surface area contributed by atoms with Crippen molar-refractivity contribution < 1.29 is 0 Å². The molecule has 2 heterocycles. The van der Waals surface area contributed by atoms with Crippen LogP contribution < -0.4 is 10.9 Å². The van der Waals surface area contributed by atoms with Gasteiger partial charge in [-0.15, -0.1) is 10.2 Å². The van der Waals surface area contributed by atoms with E-state index in [-0.39, 0.29) is 5.56 Å². The van der Waals surface area contributed by atoms with Crippen LogP contribution in [-0.4, -0.2) is 28.3 Å². The summed E-state index contributed by atoms with van der Waals surface area (Å²) in [5.41, 5.74) is 0.808. The Bertz CT molecular complexity index is 543. The Morgan fingerprint density at radius 2 is 2.21 bits per heavy atom. The van der Waals surface area contributed by atoms with Gasteiger partial charge in [-0.3, -0.25) is 4.79 Å². The maximum Gasteiger partial charge on any atom is 0.247 e. The maximum atomic E-state index is 11.0. The molecular formula is C13H18N4OS. The third-order valence-corrected chi connectivity index (χ3v) is 3.70. The zero-order valence-electron chi connectivity index (χ0n) is 11.0. The van der Waals surface area contributed by atoms with Crippen molar-refractivity contribution in [2.45, 2.75) is 26.2 Å².